The standard InChI is InChI=1S/C9H18N2O/c1-3-6(2)8(9(10)12)11-7-4-5-7/h6-8,11H,3-5H2,1-2H3,(H2,10,12). The van der Waals surface area contributed by atoms with Gasteiger partial charge < -0.3 is 11.1 Å². The summed E-state index contributed by atoms with van der Waals surface area (Å²) in [6.07, 6.45) is 3.38. The summed E-state index contributed by atoms with van der Waals surface area (Å²) < 4.78 is 0. The van der Waals surface area contributed by atoms with Gasteiger partial charge in [0.2, 0.25) is 5.91 Å². The van der Waals surface area contributed by atoms with Gasteiger partial charge in [0.25, 0.3) is 0 Å². The molecule has 0 radical (unpaired) electrons. The quantitative estimate of drug-likeness (QED) is 0.636. The number of amides is 1. The molecular weight excluding hydrogens is 152 g/mol. The predicted octanol–water partition coefficient (Wildman–Crippen LogP) is 0.638. The van der Waals surface area contributed by atoms with Crippen molar-refractivity contribution in [1.29, 1.82) is 0 Å². The van der Waals surface area contributed by atoms with E-state index in [-0.39, 0.29) is 11.9 Å². The van der Waals surface area contributed by atoms with Gasteiger partial charge in [0.15, 0.2) is 0 Å². The van der Waals surface area contributed by atoms with Gasteiger partial charge in [-0.05, 0) is 18.8 Å². The van der Waals surface area contributed by atoms with Crippen molar-refractivity contribution in [2.75, 3.05) is 0 Å². The van der Waals surface area contributed by atoms with E-state index < -0.39 is 0 Å². The lowest BCUT2D eigenvalue weighted by Crippen LogP contribution is -2.46. The summed E-state index contributed by atoms with van der Waals surface area (Å²) in [5.41, 5.74) is 5.29. The van der Waals surface area contributed by atoms with Crippen molar-refractivity contribution >= 4 is 5.91 Å². The molecule has 0 aromatic carbocycles. The smallest absolute Gasteiger partial charge is 0.234 e. The van der Waals surface area contributed by atoms with E-state index in [4.69, 9.17) is 5.73 Å². The fourth-order valence-electron chi connectivity index (χ4n) is 1.27. The molecule has 1 saturated carbocycles. The lowest BCUT2D eigenvalue weighted by atomic mass is 9.98. The zero-order valence-corrected chi connectivity index (χ0v) is 7.84. The largest absolute Gasteiger partial charge is 0.368 e. The minimum atomic E-state index is -0.212. The average molecular weight is 170 g/mol. The molecule has 3 N–H and O–H groups in total. The first kappa shape index (κ1) is 9.52. The molecule has 1 fully saturated rings. The third kappa shape index (κ3) is 2.48. The summed E-state index contributed by atoms with van der Waals surface area (Å²) in [6.45, 7) is 4.14. The maximum Gasteiger partial charge on any atom is 0.234 e. The van der Waals surface area contributed by atoms with E-state index in [1.165, 1.54) is 12.8 Å². The van der Waals surface area contributed by atoms with Gasteiger partial charge in [-0.3, -0.25) is 4.79 Å². The highest BCUT2D eigenvalue weighted by Gasteiger charge is 2.29. The highest BCUT2D eigenvalue weighted by atomic mass is 16.1. The minimum Gasteiger partial charge on any atom is -0.368 e. The monoisotopic (exact) mass is 170 g/mol. The first-order valence-electron chi connectivity index (χ1n) is 4.70. The summed E-state index contributed by atoms with van der Waals surface area (Å²) in [7, 11) is 0. The molecule has 2 unspecified atom stereocenters. The number of hydrogen-bond acceptors (Lipinski definition) is 2. The van der Waals surface area contributed by atoms with E-state index >= 15 is 0 Å². The van der Waals surface area contributed by atoms with Crippen molar-refractivity contribution < 1.29 is 4.79 Å². The fourth-order valence-corrected chi connectivity index (χ4v) is 1.27. The first-order chi connectivity index (χ1) is 5.65. The van der Waals surface area contributed by atoms with E-state index in [0.717, 1.165) is 6.42 Å². The van der Waals surface area contributed by atoms with Gasteiger partial charge in [-0.25, -0.2) is 0 Å². The van der Waals surface area contributed by atoms with Crippen LogP contribution >= 0.6 is 0 Å². The summed E-state index contributed by atoms with van der Waals surface area (Å²) in [4.78, 5) is 11.0. The second-order valence-electron chi connectivity index (χ2n) is 3.71. The van der Waals surface area contributed by atoms with Gasteiger partial charge >= 0.3 is 0 Å². The Morgan fingerprint density at radius 3 is 2.58 bits per heavy atom. The van der Waals surface area contributed by atoms with Crippen molar-refractivity contribution in [3.63, 3.8) is 0 Å². The van der Waals surface area contributed by atoms with Crippen molar-refractivity contribution in [3.8, 4) is 0 Å². The van der Waals surface area contributed by atoms with Crippen molar-refractivity contribution in [2.24, 2.45) is 11.7 Å². The molecule has 0 aromatic rings. The molecule has 0 aromatic heterocycles. The third-order valence-electron chi connectivity index (χ3n) is 2.51. The van der Waals surface area contributed by atoms with E-state index in [1.807, 2.05) is 0 Å². The molecule has 1 amide bonds. The number of rotatable bonds is 5. The van der Waals surface area contributed by atoms with Crippen LogP contribution in [0.1, 0.15) is 33.1 Å². The molecule has 0 saturated heterocycles. The Hall–Kier alpha value is -0.570. The number of nitrogens with one attached hydrogen (secondary N) is 1. The number of primary amides is 1. The summed E-state index contributed by atoms with van der Waals surface area (Å²) in [5, 5.41) is 3.27. The van der Waals surface area contributed by atoms with Crippen LogP contribution in [0.5, 0.6) is 0 Å². The number of nitrogens with two attached hydrogens (primary N) is 1. The third-order valence-corrected chi connectivity index (χ3v) is 2.51. The van der Waals surface area contributed by atoms with Gasteiger partial charge in [0, 0.05) is 6.04 Å². The Morgan fingerprint density at radius 1 is 1.67 bits per heavy atom. The van der Waals surface area contributed by atoms with Gasteiger partial charge in [-0.15, -0.1) is 0 Å². The Labute approximate surface area is 73.7 Å². The highest BCUT2D eigenvalue weighted by Crippen LogP contribution is 2.21. The number of hydrogen-bond donors (Lipinski definition) is 2. The van der Waals surface area contributed by atoms with Crippen LogP contribution in [-0.4, -0.2) is 18.0 Å². The molecule has 0 spiro atoms. The Bertz CT molecular complexity index is 166. The molecule has 0 bridgehead atoms. The predicted molar refractivity (Wildman–Crippen MR) is 48.6 cm³/mol. The Balaban J connectivity index is 2.40. The van der Waals surface area contributed by atoms with Crippen molar-refractivity contribution in [2.45, 2.75) is 45.2 Å². The number of carbonyl (C=O) groups excluding carboxylic acids is 1. The Morgan fingerprint density at radius 2 is 2.25 bits per heavy atom. The van der Waals surface area contributed by atoms with Gasteiger partial charge in [0.1, 0.15) is 0 Å². The molecule has 2 atom stereocenters. The number of carbonyl (C=O) groups is 1. The highest BCUT2D eigenvalue weighted by molar-refractivity contribution is 5.80. The zero-order chi connectivity index (χ0) is 9.14. The van der Waals surface area contributed by atoms with E-state index in [0.29, 0.717) is 12.0 Å². The molecule has 0 aliphatic heterocycles. The molecular formula is C9H18N2O. The normalized spacial score (nSPS) is 21.8. The van der Waals surface area contributed by atoms with Crippen LogP contribution < -0.4 is 11.1 Å². The molecule has 1 aliphatic rings. The summed E-state index contributed by atoms with van der Waals surface area (Å²) in [6, 6.07) is 0.430. The van der Waals surface area contributed by atoms with Crippen LogP contribution in [-0.2, 0) is 4.79 Å². The zero-order valence-electron chi connectivity index (χ0n) is 7.84. The van der Waals surface area contributed by atoms with E-state index in [1.54, 1.807) is 0 Å². The van der Waals surface area contributed by atoms with Gasteiger partial charge in [0.05, 0.1) is 6.04 Å². The second kappa shape index (κ2) is 3.90. The van der Waals surface area contributed by atoms with Gasteiger partial charge in [-0.2, -0.15) is 0 Å². The summed E-state index contributed by atoms with van der Waals surface area (Å²) >= 11 is 0. The SMILES string of the molecule is CCC(C)C(NC1CC1)C(N)=O. The van der Waals surface area contributed by atoms with E-state index in [2.05, 4.69) is 19.2 Å². The maximum absolute atomic E-state index is 11.0. The lowest BCUT2D eigenvalue weighted by Gasteiger charge is -2.20. The first-order valence-corrected chi connectivity index (χ1v) is 4.70. The minimum absolute atomic E-state index is 0.123. The van der Waals surface area contributed by atoms with Crippen molar-refractivity contribution in [3.05, 3.63) is 0 Å². The lowest BCUT2D eigenvalue weighted by molar-refractivity contribution is -0.121. The van der Waals surface area contributed by atoms with Crippen LogP contribution in [0.25, 0.3) is 0 Å². The average Bonchev–Trinajstić information content (AvgIpc) is 2.81. The van der Waals surface area contributed by atoms with Gasteiger partial charge in [-0.1, -0.05) is 20.3 Å². The molecule has 1 rings (SSSR count). The molecule has 3 nitrogen and oxygen atoms in total. The van der Waals surface area contributed by atoms with Crippen LogP contribution in [0.2, 0.25) is 0 Å². The molecule has 3 heteroatoms. The van der Waals surface area contributed by atoms with Crippen LogP contribution in [0, 0.1) is 5.92 Å². The summed E-state index contributed by atoms with van der Waals surface area (Å²) in [5.74, 6) is 0.138. The van der Waals surface area contributed by atoms with E-state index in [9.17, 15) is 4.79 Å². The van der Waals surface area contributed by atoms with Crippen LogP contribution in [0.3, 0.4) is 0 Å². The van der Waals surface area contributed by atoms with Crippen LogP contribution in [0.15, 0.2) is 0 Å². The molecule has 12 heavy (non-hydrogen) atoms. The Kier molecular flexibility index (Phi) is 3.09. The maximum atomic E-state index is 11.0. The molecule has 1 aliphatic carbocycles. The molecule has 70 valence electrons. The fraction of sp³-hybridized carbons (Fsp3) is 0.889. The van der Waals surface area contributed by atoms with Crippen molar-refractivity contribution in [1.82, 2.24) is 5.32 Å². The van der Waals surface area contributed by atoms with Crippen LogP contribution in [0.4, 0.5) is 0 Å². The molecule has 0 heterocycles. The second-order valence-corrected chi connectivity index (χ2v) is 3.71. The topological polar surface area (TPSA) is 55.1 Å².